The van der Waals surface area contributed by atoms with Gasteiger partial charge in [0.2, 0.25) is 0 Å². The summed E-state index contributed by atoms with van der Waals surface area (Å²) in [4.78, 5) is 10.1. The van der Waals surface area contributed by atoms with Gasteiger partial charge in [0.15, 0.2) is 0 Å². The monoisotopic (exact) mass is 334 g/mol. The summed E-state index contributed by atoms with van der Waals surface area (Å²) in [5.74, 6) is 1.25. The molecule has 1 saturated carbocycles. The van der Waals surface area contributed by atoms with E-state index in [9.17, 15) is 8.42 Å². The van der Waals surface area contributed by atoms with Crippen molar-refractivity contribution in [3.05, 3.63) is 12.3 Å². The minimum Gasteiger partial charge on any atom is -0.343 e. The lowest BCUT2D eigenvalue weighted by Crippen LogP contribution is -2.26. The molecule has 0 atom stereocenters. The Kier molecular flexibility index (Phi) is 9.05. The number of unbranched alkanes of at least 4 members (excludes halogenated alkanes) is 2. The largest absolute Gasteiger partial charge is 0.343 e. The van der Waals surface area contributed by atoms with Crippen molar-refractivity contribution in [3.63, 3.8) is 0 Å². The predicted octanol–water partition coefficient (Wildman–Crippen LogP) is 4.26. The van der Waals surface area contributed by atoms with E-state index in [1.807, 2.05) is 0 Å². The van der Waals surface area contributed by atoms with Crippen molar-refractivity contribution in [2.24, 2.45) is 5.92 Å². The van der Waals surface area contributed by atoms with Crippen LogP contribution in [0.25, 0.3) is 0 Å². The van der Waals surface area contributed by atoms with Gasteiger partial charge in [0, 0.05) is 6.42 Å². The summed E-state index contributed by atoms with van der Waals surface area (Å²) in [6.45, 7) is 6.53. The van der Waals surface area contributed by atoms with E-state index in [4.69, 9.17) is 14.3 Å². The zero-order chi connectivity index (χ0) is 16.4. The molecule has 0 heterocycles. The number of allylic oxidation sites excluding steroid dienone is 1. The van der Waals surface area contributed by atoms with Gasteiger partial charge in [-0.05, 0) is 44.4 Å². The number of rotatable bonds is 11. The van der Waals surface area contributed by atoms with Crippen molar-refractivity contribution < 1.29 is 22.7 Å². The smallest absolute Gasteiger partial charge is 0.267 e. The molecular formula is C16H30O5S. The number of hydrogen-bond donors (Lipinski definition) is 1. The molecule has 0 aromatic carbocycles. The molecule has 0 aromatic rings. The van der Waals surface area contributed by atoms with Crippen LogP contribution in [-0.4, -0.2) is 24.8 Å². The van der Waals surface area contributed by atoms with Crippen LogP contribution >= 0.6 is 0 Å². The normalized spacial score (nSPS) is 22.5. The van der Waals surface area contributed by atoms with Crippen molar-refractivity contribution >= 4 is 10.1 Å². The summed E-state index contributed by atoms with van der Waals surface area (Å²) < 4.78 is 31.2. The second-order valence-electron chi connectivity index (χ2n) is 6.20. The highest BCUT2D eigenvalue weighted by molar-refractivity contribution is 7.86. The molecule has 1 rings (SSSR count). The molecule has 0 spiro atoms. The summed E-state index contributed by atoms with van der Waals surface area (Å²) in [7, 11) is -3.84. The van der Waals surface area contributed by atoms with Crippen LogP contribution in [0.4, 0.5) is 0 Å². The first kappa shape index (κ1) is 19.5. The van der Waals surface area contributed by atoms with E-state index in [0.717, 1.165) is 51.4 Å². The fourth-order valence-corrected chi connectivity index (χ4v) is 3.71. The molecule has 0 unspecified atom stereocenters. The molecule has 0 aromatic heterocycles. The highest BCUT2D eigenvalue weighted by Crippen LogP contribution is 2.31. The Labute approximate surface area is 134 Å². The summed E-state index contributed by atoms with van der Waals surface area (Å²) in [5, 5.41) is -0.544. The van der Waals surface area contributed by atoms with Gasteiger partial charge in [-0.2, -0.15) is 13.3 Å². The van der Waals surface area contributed by atoms with Crippen LogP contribution in [0, 0.1) is 5.92 Å². The fourth-order valence-electron chi connectivity index (χ4n) is 2.84. The van der Waals surface area contributed by atoms with Crippen LogP contribution in [0.2, 0.25) is 0 Å². The van der Waals surface area contributed by atoms with Gasteiger partial charge in [0.1, 0.15) is 5.76 Å². The lowest BCUT2D eigenvalue weighted by molar-refractivity contribution is -0.263. The molecule has 5 nitrogen and oxygen atoms in total. The van der Waals surface area contributed by atoms with E-state index in [1.54, 1.807) is 0 Å². The van der Waals surface area contributed by atoms with Gasteiger partial charge in [0.25, 0.3) is 10.1 Å². The first-order valence-corrected chi connectivity index (χ1v) is 9.87. The maximum Gasteiger partial charge on any atom is 0.267 e. The molecule has 0 saturated heterocycles. The Bertz CT molecular complexity index is 410. The van der Waals surface area contributed by atoms with E-state index in [2.05, 4.69) is 13.5 Å². The van der Waals surface area contributed by atoms with Gasteiger partial charge in [-0.3, -0.25) is 4.55 Å². The summed E-state index contributed by atoms with van der Waals surface area (Å²) in [5.41, 5.74) is 0. The molecule has 0 bridgehead atoms. The molecule has 1 aliphatic rings. The van der Waals surface area contributed by atoms with Gasteiger partial charge < -0.3 is 4.89 Å². The Balaban J connectivity index is 2.03. The highest BCUT2D eigenvalue weighted by Gasteiger charge is 2.28. The minimum absolute atomic E-state index is 0.544. The Morgan fingerprint density at radius 1 is 1.18 bits per heavy atom. The second kappa shape index (κ2) is 10.2. The van der Waals surface area contributed by atoms with E-state index < -0.39 is 15.4 Å². The maximum absolute atomic E-state index is 11.1. The molecule has 0 radical (unpaired) electrons. The number of hydrogen-bond acceptors (Lipinski definition) is 4. The second-order valence-corrected chi connectivity index (χ2v) is 7.90. The third kappa shape index (κ3) is 8.15. The van der Waals surface area contributed by atoms with Crippen molar-refractivity contribution in [1.29, 1.82) is 0 Å². The standard InChI is InChI=1S/C16H30O5S/c1-3-4-13-20-21-14(2)7-5-6-8-15-9-11-16(12-10-15)22(17,18)19/h15-16H,2-13H2,1H3,(H,17,18,19). The summed E-state index contributed by atoms with van der Waals surface area (Å²) >= 11 is 0. The van der Waals surface area contributed by atoms with Crippen molar-refractivity contribution in [2.45, 2.75) is 76.4 Å². The van der Waals surface area contributed by atoms with Gasteiger partial charge >= 0.3 is 0 Å². The van der Waals surface area contributed by atoms with E-state index in [1.165, 1.54) is 0 Å². The average molecular weight is 334 g/mol. The highest BCUT2D eigenvalue weighted by atomic mass is 32.2. The molecule has 0 aliphatic heterocycles. The zero-order valence-corrected chi connectivity index (χ0v) is 14.4. The molecule has 1 N–H and O–H groups in total. The quantitative estimate of drug-likeness (QED) is 0.201. The average Bonchev–Trinajstić information content (AvgIpc) is 2.48. The molecule has 130 valence electrons. The van der Waals surface area contributed by atoms with Crippen LogP contribution in [0.1, 0.15) is 71.1 Å². The van der Waals surface area contributed by atoms with Gasteiger partial charge in [0.05, 0.1) is 11.9 Å². The van der Waals surface area contributed by atoms with Crippen LogP contribution in [-0.2, 0) is 19.9 Å². The lowest BCUT2D eigenvalue weighted by Gasteiger charge is -2.26. The fraction of sp³-hybridized carbons (Fsp3) is 0.875. The SMILES string of the molecule is C=C(CCCCC1CCC(S(=O)(=O)O)CC1)OOCCCC. The molecule has 6 heteroatoms. The maximum atomic E-state index is 11.1. The van der Waals surface area contributed by atoms with Crippen LogP contribution in [0.15, 0.2) is 12.3 Å². The molecule has 1 fully saturated rings. The van der Waals surface area contributed by atoms with Gasteiger partial charge in [-0.15, -0.1) is 0 Å². The van der Waals surface area contributed by atoms with E-state index >= 15 is 0 Å². The van der Waals surface area contributed by atoms with E-state index in [-0.39, 0.29) is 0 Å². The minimum atomic E-state index is -3.84. The summed E-state index contributed by atoms with van der Waals surface area (Å²) in [6.07, 6.45) is 9.01. The molecule has 0 amide bonds. The Hall–Kier alpha value is -0.590. The Morgan fingerprint density at radius 2 is 1.86 bits per heavy atom. The summed E-state index contributed by atoms with van der Waals surface area (Å²) in [6, 6.07) is 0. The zero-order valence-electron chi connectivity index (χ0n) is 13.6. The molecular weight excluding hydrogens is 304 g/mol. The van der Waals surface area contributed by atoms with Crippen LogP contribution in [0.5, 0.6) is 0 Å². The van der Waals surface area contributed by atoms with Crippen molar-refractivity contribution in [1.82, 2.24) is 0 Å². The molecule has 1 aliphatic carbocycles. The van der Waals surface area contributed by atoms with Gasteiger partial charge in [-0.25, -0.2) is 0 Å². The van der Waals surface area contributed by atoms with Crippen molar-refractivity contribution in [3.8, 4) is 0 Å². The van der Waals surface area contributed by atoms with E-state index in [0.29, 0.717) is 31.1 Å². The third-order valence-electron chi connectivity index (χ3n) is 4.29. The first-order valence-electron chi connectivity index (χ1n) is 8.37. The van der Waals surface area contributed by atoms with Crippen LogP contribution < -0.4 is 0 Å². The topological polar surface area (TPSA) is 72.8 Å². The lowest BCUT2D eigenvalue weighted by atomic mass is 9.85. The van der Waals surface area contributed by atoms with Crippen molar-refractivity contribution in [2.75, 3.05) is 6.61 Å². The Morgan fingerprint density at radius 3 is 2.45 bits per heavy atom. The third-order valence-corrected chi connectivity index (χ3v) is 5.60. The first-order chi connectivity index (χ1) is 10.4. The van der Waals surface area contributed by atoms with Crippen LogP contribution in [0.3, 0.4) is 0 Å². The molecule has 22 heavy (non-hydrogen) atoms. The predicted molar refractivity (Wildman–Crippen MR) is 86.8 cm³/mol. The van der Waals surface area contributed by atoms with Gasteiger partial charge in [-0.1, -0.05) is 32.8 Å².